The summed E-state index contributed by atoms with van der Waals surface area (Å²) in [5.74, 6) is -0.310. The highest BCUT2D eigenvalue weighted by Gasteiger charge is 2.22. The molecule has 28 heavy (non-hydrogen) atoms. The van der Waals surface area contributed by atoms with E-state index in [1.807, 2.05) is 0 Å². The molecule has 3 rings (SSSR count). The van der Waals surface area contributed by atoms with Crippen LogP contribution in [0.5, 0.6) is 0 Å². The molecule has 10 heteroatoms. The molecular weight excluding hydrogens is 432 g/mol. The number of hydrogen-bond donors (Lipinski definition) is 1. The lowest BCUT2D eigenvalue weighted by atomic mass is 10.1. The van der Waals surface area contributed by atoms with Crippen molar-refractivity contribution in [1.82, 2.24) is 5.16 Å². The first-order chi connectivity index (χ1) is 13.4. The van der Waals surface area contributed by atoms with Crippen molar-refractivity contribution >= 4 is 52.8 Å². The van der Waals surface area contributed by atoms with Gasteiger partial charge in [-0.3, -0.25) is 10.2 Å². The maximum absolute atomic E-state index is 13.7. The van der Waals surface area contributed by atoms with Crippen LogP contribution in [0.15, 0.2) is 46.1 Å². The van der Waals surface area contributed by atoms with Crippen LogP contribution in [-0.4, -0.2) is 17.5 Å². The first kappa shape index (κ1) is 20.1. The highest BCUT2D eigenvalue weighted by molar-refractivity contribution is 6.39. The molecule has 144 valence electrons. The number of nitrogens with one attached hydrogen (secondary N) is 1. The molecule has 0 bridgehead atoms. The Morgan fingerprint density at radius 1 is 1.18 bits per heavy atom. The molecule has 1 amide bonds. The van der Waals surface area contributed by atoms with Crippen molar-refractivity contribution in [1.29, 1.82) is 0 Å². The quantitative estimate of drug-likeness (QED) is 0.291. The third-order valence-corrected chi connectivity index (χ3v) is 4.57. The Kier molecular flexibility index (Phi) is 6.18. The van der Waals surface area contributed by atoms with Crippen LogP contribution in [0.4, 0.5) is 14.9 Å². The van der Waals surface area contributed by atoms with E-state index in [4.69, 9.17) is 44.2 Å². The topological polar surface area (TPSA) is 76.7 Å². The number of aromatic nitrogens is 1. The minimum Gasteiger partial charge on any atom is -0.359 e. The monoisotopic (exact) mass is 441 g/mol. The fraction of sp³-hybridized carbons (Fsp3) is 0.0556. The highest BCUT2D eigenvalue weighted by atomic mass is 35.5. The third kappa shape index (κ3) is 4.27. The molecule has 1 N–H and O–H groups in total. The number of anilines is 1. The van der Waals surface area contributed by atoms with Gasteiger partial charge in [-0.1, -0.05) is 57.2 Å². The summed E-state index contributed by atoms with van der Waals surface area (Å²) in [6.45, 7) is 1.58. The summed E-state index contributed by atoms with van der Waals surface area (Å²) in [7, 11) is 0. The minimum atomic E-state index is -0.959. The Labute approximate surface area is 173 Å². The summed E-state index contributed by atoms with van der Waals surface area (Å²) in [4.78, 5) is 16.8. The van der Waals surface area contributed by atoms with Gasteiger partial charge in [-0.2, -0.15) is 0 Å². The molecular formula is C18H11Cl3FN3O3. The number of amides is 1. The average Bonchev–Trinajstić information content (AvgIpc) is 2.98. The first-order valence-corrected chi connectivity index (χ1v) is 8.88. The Balaban J connectivity index is 1.79. The molecule has 1 heterocycles. The largest absolute Gasteiger partial charge is 0.438 e. The van der Waals surface area contributed by atoms with Gasteiger partial charge in [0.05, 0.1) is 26.8 Å². The summed E-state index contributed by atoms with van der Waals surface area (Å²) in [6.07, 6.45) is 0.0308. The van der Waals surface area contributed by atoms with Crippen molar-refractivity contribution in [3.8, 4) is 11.3 Å². The minimum absolute atomic E-state index is 0.0123. The van der Waals surface area contributed by atoms with Crippen molar-refractivity contribution in [2.24, 2.45) is 5.16 Å². The predicted molar refractivity (Wildman–Crippen MR) is 106 cm³/mol. The van der Waals surface area contributed by atoms with Gasteiger partial charge >= 0.3 is 6.09 Å². The van der Waals surface area contributed by atoms with Gasteiger partial charge in [0.15, 0.2) is 5.76 Å². The number of hydrogen-bond acceptors (Lipinski definition) is 5. The van der Waals surface area contributed by atoms with E-state index >= 15 is 0 Å². The van der Waals surface area contributed by atoms with Crippen LogP contribution in [0, 0.1) is 12.7 Å². The van der Waals surface area contributed by atoms with Crippen molar-refractivity contribution in [3.63, 3.8) is 0 Å². The Bertz CT molecular complexity index is 1030. The third-order valence-electron chi connectivity index (χ3n) is 3.61. The van der Waals surface area contributed by atoms with Gasteiger partial charge in [0, 0.05) is 5.56 Å². The molecule has 0 aliphatic rings. The van der Waals surface area contributed by atoms with Gasteiger partial charge in [0.1, 0.15) is 17.2 Å². The van der Waals surface area contributed by atoms with Crippen LogP contribution >= 0.6 is 34.8 Å². The number of carbonyl (C=O) groups is 1. The molecule has 0 unspecified atom stereocenters. The highest BCUT2D eigenvalue weighted by Crippen LogP contribution is 2.39. The summed E-state index contributed by atoms with van der Waals surface area (Å²) in [5.41, 5.74) is 0.812. The van der Waals surface area contributed by atoms with Gasteiger partial charge < -0.3 is 4.52 Å². The molecule has 2 aromatic carbocycles. The van der Waals surface area contributed by atoms with Crippen LogP contribution in [0.25, 0.3) is 11.3 Å². The maximum atomic E-state index is 13.7. The molecule has 0 aliphatic heterocycles. The summed E-state index contributed by atoms with van der Waals surface area (Å²) >= 11 is 18.2. The van der Waals surface area contributed by atoms with E-state index in [0.29, 0.717) is 21.4 Å². The zero-order valence-corrected chi connectivity index (χ0v) is 16.4. The lowest BCUT2D eigenvalue weighted by Gasteiger charge is -2.07. The molecule has 0 spiro atoms. The van der Waals surface area contributed by atoms with Crippen LogP contribution in [-0.2, 0) is 4.84 Å². The smallest absolute Gasteiger partial charge is 0.359 e. The van der Waals surface area contributed by atoms with Gasteiger partial charge in [-0.05, 0) is 31.2 Å². The van der Waals surface area contributed by atoms with E-state index in [9.17, 15) is 9.18 Å². The van der Waals surface area contributed by atoms with Crippen LogP contribution in [0.3, 0.4) is 0 Å². The maximum Gasteiger partial charge on any atom is 0.438 e. The lowest BCUT2D eigenvalue weighted by Crippen LogP contribution is -2.12. The zero-order valence-electron chi connectivity index (χ0n) is 14.2. The summed E-state index contributed by atoms with van der Waals surface area (Å²) in [5, 5.41) is 10.6. The normalized spacial score (nSPS) is 11.0. The van der Waals surface area contributed by atoms with Gasteiger partial charge in [-0.15, -0.1) is 0 Å². The number of oxime groups is 1. The van der Waals surface area contributed by atoms with Crippen molar-refractivity contribution < 1.29 is 18.5 Å². The van der Waals surface area contributed by atoms with Crippen LogP contribution < -0.4 is 5.32 Å². The predicted octanol–water partition coefficient (Wildman–Crippen LogP) is 6.33. The molecule has 6 nitrogen and oxygen atoms in total. The van der Waals surface area contributed by atoms with Crippen LogP contribution in [0.2, 0.25) is 15.1 Å². The lowest BCUT2D eigenvalue weighted by molar-refractivity contribution is 0.167. The van der Waals surface area contributed by atoms with E-state index in [0.717, 1.165) is 6.21 Å². The zero-order chi connectivity index (χ0) is 20.3. The molecule has 0 fully saturated rings. The van der Waals surface area contributed by atoms with E-state index < -0.39 is 11.9 Å². The van der Waals surface area contributed by atoms with E-state index in [1.54, 1.807) is 25.1 Å². The first-order valence-electron chi connectivity index (χ1n) is 7.74. The second-order valence-electron chi connectivity index (χ2n) is 5.43. The molecule has 0 atom stereocenters. The molecule has 0 saturated carbocycles. The van der Waals surface area contributed by atoms with Crippen molar-refractivity contribution in [2.75, 3.05) is 5.32 Å². The van der Waals surface area contributed by atoms with Crippen molar-refractivity contribution in [3.05, 3.63) is 68.6 Å². The van der Waals surface area contributed by atoms with Gasteiger partial charge in [-0.25, -0.2) is 9.18 Å². The summed E-state index contributed by atoms with van der Waals surface area (Å²) < 4.78 is 18.8. The molecule has 0 aliphatic carbocycles. The Morgan fingerprint density at radius 2 is 1.82 bits per heavy atom. The number of halogens is 4. The molecule has 3 aromatic rings. The van der Waals surface area contributed by atoms with Crippen LogP contribution in [0.1, 0.15) is 11.3 Å². The van der Waals surface area contributed by atoms with Gasteiger partial charge in [0.2, 0.25) is 0 Å². The fourth-order valence-corrected chi connectivity index (χ4v) is 3.09. The summed E-state index contributed by atoms with van der Waals surface area (Å²) in [6, 6.07) is 9.04. The SMILES string of the molecule is Cc1onc(-c2c(Cl)cccc2Cl)c1NC(=O)ON=Cc1c(F)cccc1Cl. The number of nitrogens with zero attached hydrogens (tertiary/aromatic N) is 2. The van der Waals surface area contributed by atoms with Gasteiger partial charge in [0.25, 0.3) is 0 Å². The average molecular weight is 443 g/mol. The standard InChI is InChI=1S/C18H11Cl3FN3O3/c1-9-16(17(25-27-9)15-12(20)5-2-6-13(15)21)24-18(26)28-23-8-10-11(19)4-3-7-14(10)22/h2-8H,1H3,(H,24,26). The Morgan fingerprint density at radius 3 is 2.50 bits per heavy atom. The second-order valence-corrected chi connectivity index (χ2v) is 6.65. The number of rotatable bonds is 4. The molecule has 0 saturated heterocycles. The van der Waals surface area contributed by atoms with E-state index in [2.05, 4.69) is 15.6 Å². The molecule has 0 radical (unpaired) electrons. The second kappa shape index (κ2) is 8.60. The van der Waals surface area contributed by atoms with E-state index in [1.165, 1.54) is 18.2 Å². The number of aryl methyl sites for hydroxylation is 1. The number of carbonyl (C=O) groups excluding carboxylic acids is 1. The Hall–Kier alpha value is -2.61. The number of benzene rings is 2. The fourth-order valence-electron chi connectivity index (χ4n) is 2.30. The molecule has 1 aromatic heterocycles. The van der Waals surface area contributed by atoms with Crippen molar-refractivity contribution in [2.45, 2.75) is 6.92 Å². The van der Waals surface area contributed by atoms with E-state index in [-0.39, 0.29) is 22.0 Å².